The van der Waals surface area contributed by atoms with Gasteiger partial charge in [-0.2, -0.15) is 5.26 Å². The van der Waals surface area contributed by atoms with Gasteiger partial charge in [0, 0.05) is 6.04 Å². The Morgan fingerprint density at radius 1 is 1.50 bits per heavy atom. The van der Waals surface area contributed by atoms with Gasteiger partial charge < -0.3 is 0 Å². The minimum Gasteiger partial charge on any atom is -0.285 e. The van der Waals surface area contributed by atoms with Crippen LogP contribution in [0.1, 0.15) is 26.7 Å². The molecular formula is C10H16N2. The largest absolute Gasteiger partial charge is 0.285 e. The highest BCUT2D eigenvalue weighted by Crippen LogP contribution is 2.48. The lowest BCUT2D eigenvalue weighted by atomic mass is 10.0. The van der Waals surface area contributed by atoms with Gasteiger partial charge in [-0.15, -0.1) is 0 Å². The molecule has 0 aromatic heterocycles. The normalized spacial score (nSPS) is 40.7. The highest BCUT2D eigenvalue weighted by atomic mass is 15.2. The molecule has 0 amide bonds. The molecule has 12 heavy (non-hydrogen) atoms. The maximum absolute atomic E-state index is 9.02. The molecular weight excluding hydrogens is 148 g/mol. The Hall–Kier alpha value is -0.550. The first-order valence-corrected chi connectivity index (χ1v) is 4.89. The average molecular weight is 164 g/mol. The van der Waals surface area contributed by atoms with Crippen LogP contribution >= 0.6 is 0 Å². The van der Waals surface area contributed by atoms with E-state index in [2.05, 4.69) is 24.8 Å². The Balaban J connectivity index is 2.08. The van der Waals surface area contributed by atoms with Crippen LogP contribution in [0.15, 0.2) is 0 Å². The fourth-order valence-electron chi connectivity index (χ4n) is 2.44. The van der Waals surface area contributed by atoms with Crippen molar-refractivity contribution in [3.63, 3.8) is 0 Å². The fourth-order valence-corrected chi connectivity index (χ4v) is 2.44. The van der Waals surface area contributed by atoms with E-state index >= 15 is 0 Å². The number of piperidine rings is 1. The van der Waals surface area contributed by atoms with Crippen molar-refractivity contribution in [3.05, 3.63) is 0 Å². The van der Waals surface area contributed by atoms with E-state index in [9.17, 15) is 0 Å². The molecule has 1 aliphatic heterocycles. The van der Waals surface area contributed by atoms with E-state index in [4.69, 9.17) is 5.26 Å². The van der Waals surface area contributed by atoms with E-state index in [-0.39, 0.29) is 6.04 Å². The number of nitrogens with zero attached hydrogens (tertiary/aromatic N) is 2. The van der Waals surface area contributed by atoms with Crippen LogP contribution in [0, 0.1) is 23.2 Å². The second-order valence-corrected chi connectivity index (χ2v) is 4.35. The summed E-state index contributed by atoms with van der Waals surface area (Å²) in [6.45, 7) is 5.51. The van der Waals surface area contributed by atoms with Crippen LogP contribution in [0.25, 0.3) is 0 Å². The van der Waals surface area contributed by atoms with Gasteiger partial charge in [-0.3, -0.25) is 4.90 Å². The molecule has 0 spiro atoms. The van der Waals surface area contributed by atoms with Gasteiger partial charge in [0.05, 0.1) is 6.07 Å². The minimum atomic E-state index is 0.226. The summed E-state index contributed by atoms with van der Waals surface area (Å²) in [5.74, 6) is 1.61. The third kappa shape index (κ3) is 1.13. The van der Waals surface area contributed by atoms with Crippen LogP contribution < -0.4 is 0 Å². The first kappa shape index (κ1) is 8.07. The molecule has 66 valence electrons. The molecule has 1 heterocycles. The molecule has 3 atom stereocenters. The maximum Gasteiger partial charge on any atom is 0.101 e. The summed E-state index contributed by atoms with van der Waals surface area (Å²) < 4.78 is 0. The number of likely N-dealkylation sites (tertiary alicyclic amines) is 1. The third-order valence-corrected chi connectivity index (χ3v) is 3.29. The Bertz CT molecular complexity index is 216. The van der Waals surface area contributed by atoms with E-state index in [1.165, 1.54) is 12.8 Å². The summed E-state index contributed by atoms with van der Waals surface area (Å²) in [6, 6.07) is 3.22. The van der Waals surface area contributed by atoms with Gasteiger partial charge in [-0.05, 0) is 45.1 Å². The molecule has 1 saturated carbocycles. The zero-order valence-electron chi connectivity index (χ0n) is 7.83. The number of hydrogen-bond acceptors (Lipinski definition) is 2. The van der Waals surface area contributed by atoms with E-state index in [0.29, 0.717) is 12.0 Å². The number of rotatable bonds is 1. The lowest BCUT2D eigenvalue weighted by Crippen LogP contribution is -2.44. The van der Waals surface area contributed by atoms with Crippen molar-refractivity contribution in [2.24, 2.45) is 11.8 Å². The van der Waals surface area contributed by atoms with Crippen molar-refractivity contribution < 1.29 is 0 Å². The van der Waals surface area contributed by atoms with Crippen LogP contribution in [0.5, 0.6) is 0 Å². The van der Waals surface area contributed by atoms with Gasteiger partial charge in [0.1, 0.15) is 6.04 Å². The van der Waals surface area contributed by atoms with Gasteiger partial charge >= 0.3 is 0 Å². The number of hydrogen-bond donors (Lipinski definition) is 0. The second-order valence-electron chi connectivity index (χ2n) is 4.35. The lowest BCUT2D eigenvalue weighted by molar-refractivity contribution is 0.136. The smallest absolute Gasteiger partial charge is 0.101 e. The molecule has 0 aromatic rings. The molecule has 2 aliphatic rings. The van der Waals surface area contributed by atoms with Gasteiger partial charge in [0.15, 0.2) is 0 Å². The zero-order chi connectivity index (χ0) is 8.72. The highest BCUT2D eigenvalue weighted by Gasteiger charge is 2.49. The predicted octanol–water partition coefficient (Wildman–Crippen LogP) is 1.63. The molecule has 1 saturated heterocycles. The van der Waals surface area contributed by atoms with Crippen molar-refractivity contribution in [2.75, 3.05) is 6.54 Å². The Labute approximate surface area is 74.2 Å². The number of fused-ring (bicyclic) bond motifs is 1. The Morgan fingerprint density at radius 2 is 2.25 bits per heavy atom. The van der Waals surface area contributed by atoms with Gasteiger partial charge in [0.25, 0.3) is 0 Å². The molecule has 2 fully saturated rings. The fraction of sp³-hybridized carbons (Fsp3) is 0.900. The molecule has 2 nitrogen and oxygen atoms in total. The molecule has 0 radical (unpaired) electrons. The first-order valence-electron chi connectivity index (χ1n) is 4.89. The van der Waals surface area contributed by atoms with Crippen LogP contribution in [0.3, 0.4) is 0 Å². The first-order chi connectivity index (χ1) is 5.74. The third-order valence-electron chi connectivity index (χ3n) is 3.29. The van der Waals surface area contributed by atoms with Crippen molar-refractivity contribution in [2.45, 2.75) is 38.8 Å². The van der Waals surface area contributed by atoms with Crippen LogP contribution in [0.4, 0.5) is 0 Å². The minimum absolute atomic E-state index is 0.226. The summed E-state index contributed by atoms with van der Waals surface area (Å²) in [6.07, 6.45) is 2.63. The predicted molar refractivity (Wildman–Crippen MR) is 47.5 cm³/mol. The molecule has 3 unspecified atom stereocenters. The topological polar surface area (TPSA) is 27.0 Å². The second kappa shape index (κ2) is 2.74. The Kier molecular flexibility index (Phi) is 1.84. The summed E-state index contributed by atoms with van der Waals surface area (Å²) in [5, 5.41) is 9.02. The molecule has 2 rings (SSSR count). The molecule has 2 heteroatoms. The van der Waals surface area contributed by atoms with Crippen LogP contribution in [-0.4, -0.2) is 23.5 Å². The summed E-state index contributed by atoms with van der Waals surface area (Å²) >= 11 is 0. The lowest BCUT2D eigenvalue weighted by Gasteiger charge is -2.34. The molecule has 1 aliphatic carbocycles. The van der Waals surface area contributed by atoms with E-state index in [0.717, 1.165) is 12.5 Å². The van der Waals surface area contributed by atoms with Gasteiger partial charge in [-0.1, -0.05) is 0 Å². The van der Waals surface area contributed by atoms with Crippen molar-refractivity contribution >= 4 is 0 Å². The SMILES string of the molecule is CC(C)N1CCC2CC2C1C#N. The molecule has 0 aromatic carbocycles. The molecule has 0 bridgehead atoms. The average Bonchev–Trinajstić information content (AvgIpc) is 2.79. The maximum atomic E-state index is 9.02. The standard InChI is InChI=1S/C10H16N2/c1-7(2)12-4-3-8-5-9(8)10(12)6-11/h7-10H,3-5H2,1-2H3. The summed E-state index contributed by atoms with van der Waals surface area (Å²) in [4.78, 5) is 2.36. The number of nitriles is 1. The van der Waals surface area contributed by atoms with Crippen molar-refractivity contribution in [3.8, 4) is 6.07 Å². The molecule has 0 N–H and O–H groups in total. The monoisotopic (exact) mass is 164 g/mol. The van der Waals surface area contributed by atoms with Crippen molar-refractivity contribution in [1.82, 2.24) is 4.90 Å². The van der Waals surface area contributed by atoms with E-state index in [1.54, 1.807) is 0 Å². The Morgan fingerprint density at radius 3 is 2.83 bits per heavy atom. The van der Waals surface area contributed by atoms with Crippen molar-refractivity contribution in [1.29, 1.82) is 5.26 Å². The highest BCUT2D eigenvalue weighted by molar-refractivity contribution is 5.09. The zero-order valence-corrected chi connectivity index (χ0v) is 7.83. The summed E-state index contributed by atoms with van der Waals surface area (Å²) in [5.41, 5.74) is 0. The van der Waals surface area contributed by atoms with E-state index < -0.39 is 0 Å². The van der Waals surface area contributed by atoms with E-state index in [1.807, 2.05) is 0 Å². The van der Waals surface area contributed by atoms with Crippen LogP contribution in [-0.2, 0) is 0 Å². The quantitative estimate of drug-likeness (QED) is 0.589. The van der Waals surface area contributed by atoms with Gasteiger partial charge in [0.2, 0.25) is 0 Å². The van der Waals surface area contributed by atoms with Gasteiger partial charge in [-0.25, -0.2) is 0 Å². The van der Waals surface area contributed by atoms with Crippen LogP contribution in [0.2, 0.25) is 0 Å². The summed E-state index contributed by atoms with van der Waals surface area (Å²) in [7, 11) is 0.